The maximum atomic E-state index is 12.4. The van der Waals surface area contributed by atoms with E-state index in [-0.39, 0.29) is 30.6 Å². The number of benzene rings is 1. The summed E-state index contributed by atoms with van der Waals surface area (Å²) in [7, 11) is 0. The average molecular weight is 394 g/mol. The Hall–Kier alpha value is -3.75. The number of aliphatic imine (C=N–C) groups is 1. The van der Waals surface area contributed by atoms with E-state index < -0.39 is 11.9 Å². The Labute approximate surface area is 168 Å². The molecule has 1 aliphatic heterocycles. The molecule has 2 aromatic rings. The molecule has 9 nitrogen and oxygen atoms in total. The van der Waals surface area contributed by atoms with Gasteiger partial charge in [-0.05, 0) is 37.6 Å². The van der Waals surface area contributed by atoms with Crippen molar-refractivity contribution >= 4 is 35.1 Å². The van der Waals surface area contributed by atoms with Gasteiger partial charge in [0.25, 0.3) is 11.8 Å². The standard InChI is InChI=1S/C20H22N6O3/c1-13-8-9-16(22-12-13)24-17(27)10-11-21-19(28)18-23-14(2)20(29)26(25-18)15-6-4-3-5-7-15/h3-9,12,14H,10-11H2,1-2H3,(H,21,28)(H,23,25)(H,22,24,27)/t14-/m1/s1. The third-order valence-electron chi connectivity index (χ3n) is 4.16. The number of carbonyl (C=O) groups is 3. The number of hydrogen-bond donors (Lipinski definition) is 3. The van der Waals surface area contributed by atoms with Gasteiger partial charge in [0.2, 0.25) is 11.7 Å². The van der Waals surface area contributed by atoms with Gasteiger partial charge in [-0.3, -0.25) is 19.8 Å². The van der Waals surface area contributed by atoms with Crippen LogP contribution in [0.3, 0.4) is 0 Å². The van der Waals surface area contributed by atoms with Crippen LogP contribution in [0.1, 0.15) is 18.9 Å². The van der Waals surface area contributed by atoms with Gasteiger partial charge >= 0.3 is 0 Å². The summed E-state index contributed by atoms with van der Waals surface area (Å²) in [5, 5.41) is 6.59. The van der Waals surface area contributed by atoms with Crippen molar-refractivity contribution in [2.45, 2.75) is 26.3 Å². The first-order valence-electron chi connectivity index (χ1n) is 9.18. The summed E-state index contributed by atoms with van der Waals surface area (Å²) in [4.78, 5) is 45.0. The molecule has 1 aromatic heterocycles. The predicted octanol–water partition coefficient (Wildman–Crippen LogP) is 1.17. The molecule has 3 amide bonds. The van der Waals surface area contributed by atoms with Gasteiger partial charge in [0.05, 0.1) is 5.69 Å². The topological polar surface area (TPSA) is 116 Å². The number of nitrogens with one attached hydrogen (secondary N) is 3. The Morgan fingerprint density at radius 2 is 1.93 bits per heavy atom. The number of rotatable bonds is 6. The first kappa shape index (κ1) is 20.0. The van der Waals surface area contributed by atoms with Gasteiger partial charge in [-0.2, -0.15) is 0 Å². The summed E-state index contributed by atoms with van der Waals surface area (Å²) in [6.45, 7) is 3.64. The van der Waals surface area contributed by atoms with Crippen LogP contribution in [0, 0.1) is 6.92 Å². The first-order chi connectivity index (χ1) is 13.9. The van der Waals surface area contributed by atoms with Crippen molar-refractivity contribution in [1.29, 1.82) is 0 Å². The fraction of sp³-hybridized carbons (Fsp3) is 0.250. The predicted molar refractivity (Wildman–Crippen MR) is 109 cm³/mol. The molecule has 2 heterocycles. The molecule has 3 N–H and O–H groups in total. The van der Waals surface area contributed by atoms with Crippen molar-refractivity contribution in [3.63, 3.8) is 0 Å². The highest BCUT2D eigenvalue weighted by Gasteiger charge is 2.30. The van der Waals surface area contributed by atoms with Gasteiger partial charge in [0.1, 0.15) is 11.9 Å². The van der Waals surface area contributed by atoms with Gasteiger partial charge in [-0.25, -0.2) is 15.0 Å². The summed E-state index contributed by atoms with van der Waals surface area (Å²) >= 11 is 0. The monoisotopic (exact) mass is 394 g/mol. The van der Waals surface area contributed by atoms with Crippen molar-refractivity contribution in [1.82, 2.24) is 15.7 Å². The van der Waals surface area contributed by atoms with Gasteiger partial charge < -0.3 is 10.6 Å². The molecule has 0 bridgehead atoms. The number of amidine groups is 1. The van der Waals surface area contributed by atoms with Crippen LogP contribution in [0.5, 0.6) is 0 Å². The normalized spacial score (nSPS) is 15.9. The summed E-state index contributed by atoms with van der Waals surface area (Å²) in [5.41, 5.74) is 4.34. The zero-order valence-electron chi connectivity index (χ0n) is 16.2. The molecule has 0 aliphatic carbocycles. The molecule has 0 spiro atoms. The van der Waals surface area contributed by atoms with E-state index in [2.05, 4.69) is 26.0 Å². The van der Waals surface area contributed by atoms with Crippen LogP contribution in [0.25, 0.3) is 0 Å². The van der Waals surface area contributed by atoms with E-state index >= 15 is 0 Å². The molecule has 150 valence electrons. The minimum atomic E-state index is -0.701. The molecular weight excluding hydrogens is 372 g/mol. The first-order valence-corrected chi connectivity index (χ1v) is 9.18. The molecule has 0 saturated heterocycles. The molecule has 29 heavy (non-hydrogen) atoms. The summed E-state index contributed by atoms with van der Waals surface area (Å²) in [5.74, 6) is -0.559. The Morgan fingerprint density at radius 1 is 1.17 bits per heavy atom. The maximum absolute atomic E-state index is 12.4. The highest BCUT2D eigenvalue weighted by Crippen LogP contribution is 2.15. The van der Waals surface area contributed by atoms with Crippen molar-refractivity contribution in [2.24, 2.45) is 4.99 Å². The van der Waals surface area contributed by atoms with Crippen molar-refractivity contribution in [3.05, 3.63) is 54.2 Å². The second-order valence-corrected chi connectivity index (χ2v) is 6.55. The molecule has 9 heteroatoms. The second-order valence-electron chi connectivity index (χ2n) is 6.55. The number of aryl methyl sites for hydroxylation is 1. The number of hydrogen-bond acceptors (Lipinski definition) is 6. The van der Waals surface area contributed by atoms with Crippen LogP contribution in [0.15, 0.2) is 53.7 Å². The van der Waals surface area contributed by atoms with Gasteiger partial charge in [0.15, 0.2) is 0 Å². The number of amides is 3. The Bertz CT molecular complexity index is 927. The Balaban J connectivity index is 1.53. The van der Waals surface area contributed by atoms with Crippen LogP contribution in [0.4, 0.5) is 11.5 Å². The Morgan fingerprint density at radius 3 is 2.62 bits per heavy atom. The van der Waals surface area contributed by atoms with Crippen LogP contribution < -0.4 is 21.1 Å². The minimum absolute atomic E-state index is 0.0153. The van der Waals surface area contributed by atoms with E-state index in [1.165, 1.54) is 5.01 Å². The molecule has 0 unspecified atom stereocenters. The van der Waals surface area contributed by atoms with Crippen LogP contribution in [0.2, 0.25) is 0 Å². The number of pyridine rings is 1. The summed E-state index contributed by atoms with van der Waals surface area (Å²) < 4.78 is 0. The van der Waals surface area contributed by atoms with Crippen molar-refractivity contribution < 1.29 is 14.4 Å². The number of aromatic nitrogens is 1. The Kier molecular flexibility index (Phi) is 6.18. The third kappa shape index (κ3) is 5.16. The summed E-state index contributed by atoms with van der Waals surface area (Å²) in [6.07, 6.45) is 1.73. The van der Waals surface area contributed by atoms with Crippen molar-refractivity contribution in [3.8, 4) is 0 Å². The molecule has 0 radical (unpaired) electrons. The van der Waals surface area contributed by atoms with Gasteiger partial charge in [0, 0.05) is 19.2 Å². The molecule has 3 rings (SSSR count). The smallest absolute Gasteiger partial charge is 0.288 e. The van der Waals surface area contributed by atoms with E-state index in [1.807, 2.05) is 19.1 Å². The minimum Gasteiger partial charge on any atom is -0.349 e. The maximum Gasteiger partial charge on any atom is 0.288 e. The highest BCUT2D eigenvalue weighted by molar-refractivity contribution is 6.39. The van der Waals surface area contributed by atoms with E-state index in [0.29, 0.717) is 11.5 Å². The molecular formula is C20H22N6O3. The van der Waals surface area contributed by atoms with E-state index in [9.17, 15) is 14.4 Å². The number of nitrogens with zero attached hydrogens (tertiary/aromatic N) is 3. The number of carbonyl (C=O) groups excluding carboxylic acids is 3. The number of hydrazine groups is 1. The lowest BCUT2D eigenvalue weighted by Gasteiger charge is -2.30. The number of para-hydroxylation sites is 1. The molecule has 1 atom stereocenters. The molecule has 0 saturated carbocycles. The van der Waals surface area contributed by atoms with Gasteiger partial charge in [-0.1, -0.05) is 24.3 Å². The van der Waals surface area contributed by atoms with Crippen LogP contribution in [-0.4, -0.2) is 41.1 Å². The third-order valence-corrected chi connectivity index (χ3v) is 4.16. The average Bonchev–Trinajstić information content (AvgIpc) is 2.72. The van der Waals surface area contributed by atoms with E-state index in [0.717, 1.165) is 5.56 Å². The zero-order valence-corrected chi connectivity index (χ0v) is 16.2. The van der Waals surface area contributed by atoms with Gasteiger partial charge in [-0.15, -0.1) is 0 Å². The second kappa shape index (κ2) is 8.96. The lowest BCUT2D eigenvalue weighted by molar-refractivity contribution is -0.120. The largest absolute Gasteiger partial charge is 0.349 e. The quantitative estimate of drug-likeness (QED) is 0.680. The SMILES string of the molecule is Cc1ccc(NC(=O)CCNC(=O)C2=N[C@H](C)C(=O)N(c3ccccc3)N2)nc1. The van der Waals surface area contributed by atoms with E-state index in [4.69, 9.17) is 0 Å². The van der Waals surface area contributed by atoms with Crippen molar-refractivity contribution in [2.75, 3.05) is 16.9 Å². The fourth-order valence-electron chi connectivity index (χ4n) is 2.62. The van der Waals surface area contributed by atoms with Crippen LogP contribution >= 0.6 is 0 Å². The number of anilines is 2. The molecule has 1 aromatic carbocycles. The molecule has 1 aliphatic rings. The lowest BCUT2D eigenvalue weighted by Crippen LogP contribution is -2.58. The van der Waals surface area contributed by atoms with Crippen LogP contribution in [-0.2, 0) is 14.4 Å². The summed E-state index contributed by atoms with van der Waals surface area (Å²) in [6, 6.07) is 11.8. The molecule has 0 fully saturated rings. The van der Waals surface area contributed by atoms with E-state index in [1.54, 1.807) is 43.5 Å². The highest BCUT2D eigenvalue weighted by atomic mass is 16.2. The lowest BCUT2D eigenvalue weighted by atomic mass is 10.2. The fourth-order valence-corrected chi connectivity index (χ4v) is 2.62. The zero-order chi connectivity index (χ0) is 20.8.